The fourth-order valence-corrected chi connectivity index (χ4v) is 3.29. The van der Waals surface area contributed by atoms with Gasteiger partial charge in [-0.05, 0) is 19.9 Å². The summed E-state index contributed by atoms with van der Waals surface area (Å²) in [4.78, 5) is 37.2. The third-order valence-corrected chi connectivity index (χ3v) is 4.54. The average Bonchev–Trinajstić information content (AvgIpc) is 3.02. The molecule has 0 atom stereocenters. The number of aryl methyl sites for hydroxylation is 2. The van der Waals surface area contributed by atoms with Crippen LogP contribution in [0.5, 0.6) is 0 Å². The first kappa shape index (κ1) is 18.1. The minimum atomic E-state index is -4.64. The Labute approximate surface area is 156 Å². The van der Waals surface area contributed by atoms with Gasteiger partial charge in [0, 0.05) is 24.7 Å². The van der Waals surface area contributed by atoms with Crippen molar-refractivity contribution >= 4 is 11.6 Å². The highest BCUT2D eigenvalue weighted by Crippen LogP contribution is 2.30. The maximum atomic E-state index is 13.3. The van der Waals surface area contributed by atoms with Gasteiger partial charge in [-0.3, -0.25) is 9.59 Å². The Morgan fingerprint density at radius 1 is 1.21 bits per heavy atom. The molecule has 1 amide bonds. The third-order valence-electron chi connectivity index (χ3n) is 4.54. The molecule has 0 radical (unpaired) electrons. The lowest BCUT2D eigenvalue weighted by atomic mass is 10.1. The Balaban J connectivity index is 1.71. The normalized spacial score (nSPS) is 14.4. The van der Waals surface area contributed by atoms with Crippen molar-refractivity contribution < 1.29 is 18.0 Å². The highest BCUT2D eigenvalue weighted by molar-refractivity contribution is 5.93. The van der Waals surface area contributed by atoms with Gasteiger partial charge in [-0.2, -0.15) is 18.3 Å². The zero-order chi connectivity index (χ0) is 20.2. The second-order valence-electron chi connectivity index (χ2n) is 6.63. The Morgan fingerprint density at radius 2 is 1.96 bits per heavy atom. The fourth-order valence-electron chi connectivity index (χ4n) is 3.29. The van der Waals surface area contributed by atoms with Crippen LogP contribution in [0.4, 0.5) is 13.2 Å². The second-order valence-corrected chi connectivity index (χ2v) is 6.63. The van der Waals surface area contributed by atoms with Gasteiger partial charge in [0.1, 0.15) is 11.5 Å². The first-order valence-electron chi connectivity index (χ1n) is 8.46. The summed E-state index contributed by atoms with van der Waals surface area (Å²) in [5.74, 6) is -0.0769. The first-order valence-corrected chi connectivity index (χ1v) is 8.46. The van der Waals surface area contributed by atoms with Gasteiger partial charge >= 0.3 is 6.18 Å². The number of hydrogen-bond acceptors (Lipinski definition) is 5. The summed E-state index contributed by atoms with van der Waals surface area (Å²) in [7, 11) is 0. The first-order chi connectivity index (χ1) is 13.1. The molecule has 146 valence electrons. The lowest BCUT2D eigenvalue weighted by molar-refractivity contribution is -0.142. The maximum absolute atomic E-state index is 13.3. The van der Waals surface area contributed by atoms with Gasteiger partial charge < -0.3 is 9.88 Å². The van der Waals surface area contributed by atoms with Crippen molar-refractivity contribution in [2.45, 2.75) is 33.0 Å². The maximum Gasteiger partial charge on any atom is 0.433 e. The van der Waals surface area contributed by atoms with Crippen LogP contribution < -0.4 is 5.56 Å². The van der Waals surface area contributed by atoms with E-state index in [9.17, 15) is 22.8 Å². The molecular formula is C17H15F3N6O2. The molecule has 4 rings (SSSR count). The van der Waals surface area contributed by atoms with Gasteiger partial charge in [-0.15, -0.1) is 0 Å². The van der Waals surface area contributed by atoms with E-state index in [2.05, 4.69) is 20.1 Å². The monoisotopic (exact) mass is 392 g/mol. The number of alkyl halides is 3. The molecule has 0 bridgehead atoms. The lowest BCUT2D eigenvalue weighted by Crippen LogP contribution is -2.39. The number of halogens is 3. The Kier molecular flexibility index (Phi) is 3.98. The number of nitrogens with zero attached hydrogens (tertiary/aromatic N) is 5. The Hall–Kier alpha value is -3.24. The number of aromatic amines is 1. The van der Waals surface area contributed by atoms with E-state index in [1.807, 2.05) is 0 Å². The predicted molar refractivity (Wildman–Crippen MR) is 90.8 cm³/mol. The molecule has 0 aromatic carbocycles. The molecule has 4 heterocycles. The molecule has 28 heavy (non-hydrogen) atoms. The van der Waals surface area contributed by atoms with E-state index < -0.39 is 17.8 Å². The van der Waals surface area contributed by atoms with Gasteiger partial charge in [0.05, 0.1) is 17.8 Å². The van der Waals surface area contributed by atoms with Crippen molar-refractivity contribution in [2.75, 3.05) is 6.54 Å². The lowest BCUT2D eigenvalue weighted by Gasteiger charge is -2.27. The minimum Gasteiger partial charge on any atom is -0.332 e. The molecule has 0 saturated heterocycles. The van der Waals surface area contributed by atoms with Crippen LogP contribution in [0, 0.1) is 13.8 Å². The van der Waals surface area contributed by atoms with Crippen molar-refractivity contribution in [1.29, 1.82) is 0 Å². The van der Waals surface area contributed by atoms with Crippen LogP contribution >= 0.6 is 0 Å². The topological polar surface area (TPSA) is 96.3 Å². The van der Waals surface area contributed by atoms with E-state index in [1.54, 1.807) is 6.92 Å². The summed E-state index contributed by atoms with van der Waals surface area (Å²) < 4.78 is 40.4. The predicted octanol–water partition coefficient (Wildman–Crippen LogP) is 1.65. The third kappa shape index (κ3) is 3.02. The van der Waals surface area contributed by atoms with Crippen LogP contribution in [0.15, 0.2) is 16.9 Å². The molecule has 11 heteroatoms. The molecule has 3 aromatic rings. The van der Waals surface area contributed by atoms with Crippen molar-refractivity contribution in [1.82, 2.24) is 29.5 Å². The number of nitrogens with one attached hydrogen (secondary N) is 1. The molecule has 8 nitrogen and oxygen atoms in total. The zero-order valence-electron chi connectivity index (χ0n) is 15.0. The summed E-state index contributed by atoms with van der Waals surface area (Å²) in [5, 5.41) is 3.83. The van der Waals surface area contributed by atoms with Crippen molar-refractivity contribution in [2.24, 2.45) is 0 Å². The van der Waals surface area contributed by atoms with Gasteiger partial charge in [-0.25, -0.2) is 14.5 Å². The van der Waals surface area contributed by atoms with E-state index in [-0.39, 0.29) is 35.7 Å². The SMILES string of the molecule is Cc1cc(C(F)(F)F)n2nc(C(=O)N3CCc4nc(C)[nH]c(=O)c4C3)cc2n1. The molecule has 0 saturated carbocycles. The van der Waals surface area contributed by atoms with E-state index in [0.29, 0.717) is 28.0 Å². The van der Waals surface area contributed by atoms with Crippen LogP contribution in [-0.2, 0) is 19.1 Å². The molecule has 0 aliphatic carbocycles. The minimum absolute atomic E-state index is 0.0171. The fraction of sp³-hybridized carbons (Fsp3) is 0.353. The average molecular weight is 392 g/mol. The van der Waals surface area contributed by atoms with E-state index in [0.717, 1.165) is 6.07 Å². The number of amides is 1. The summed E-state index contributed by atoms with van der Waals surface area (Å²) in [5.41, 5.74) is -0.401. The summed E-state index contributed by atoms with van der Waals surface area (Å²) in [6, 6.07) is 2.09. The van der Waals surface area contributed by atoms with Gasteiger partial charge in [-0.1, -0.05) is 0 Å². The molecule has 1 N–H and O–H groups in total. The highest BCUT2D eigenvalue weighted by atomic mass is 19.4. The second kappa shape index (κ2) is 6.14. The van der Waals surface area contributed by atoms with Crippen LogP contribution in [-0.4, -0.2) is 41.9 Å². The smallest absolute Gasteiger partial charge is 0.332 e. The van der Waals surface area contributed by atoms with E-state index in [4.69, 9.17) is 0 Å². The molecule has 0 spiro atoms. The van der Waals surface area contributed by atoms with Crippen LogP contribution in [0.2, 0.25) is 0 Å². The highest BCUT2D eigenvalue weighted by Gasteiger charge is 2.35. The van der Waals surface area contributed by atoms with E-state index in [1.165, 1.54) is 17.9 Å². The summed E-state index contributed by atoms with van der Waals surface area (Å²) >= 11 is 0. The number of fused-ring (bicyclic) bond motifs is 2. The Bertz CT molecular complexity index is 1160. The van der Waals surface area contributed by atoms with Gasteiger partial charge in [0.2, 0.25) is 0 Å². The number of carbonyl (C=O) groups excluding carboxylic acids is 1. The van der Waals surface area contributed by atoms with Crippen molar-refractivity contribution in [3.63, 3.8) is 0 Å². The molecular weight excluding hydrogens is 377 g/mol. The van der Waals surface area contributed by atoms with Gasteiger partial charge in [0.25, 0.3) is 11.5 Å². The van der Waals surface area contributed by atoms with Crippen molar-refractivity contribution in [3.8, 4) is 0 Å². The number of carbonyl (C=O) groups is 1. The van der Waals surface area contributed by atoms with Crippen molar-refractivity contribution in [3.05, 3.63) is 56.7 Å². The summed E-state index contributed by atoms with van der Waals surface area (Å²) in [6.07, 6.45) is -4.26. The number of aromatic nitrogens is 5. The molecule has 0 unspecified atom stereocenters. The quantitative estimate of drug-likeness (QED) is 0.679. The number of hydrogen-bond donors (Lipinski definition) is 1. The van der Waals surface area contributed by atoms with Crippen LogP contribution in [0.1, 0.15) is 39.0 Å². The molecule has 0 fully saturated rings. The zero-order valence-corrected chi connectivity index (χ0v) is 15.0. The standard InChI is InChI=1S/C17H15F3N6O2/c1-8-5-13(17(18,19)20)26-14(21-8)6-12(24-26)16(28)25-4-3-11-10(7-25)15(27)23-9(2)22-11/h5-6H,3-4,7H2,1-2H3,(H,22,23,27). The molecule has 1 aliphatic rings. The summed E-state index contributed by atoms with van der Waals surface area (Å²) in [6.45, 7) is 3.41. The van der Waals surface area contributed by atoms with E-state index >= 15 is 0 Å². The van der Waals surface area contributed by atoms with Crippen LogP contribution in [0.3, 0.4) is 0 Å². The Morgan fingerprint density at radius 3 is 2.68 bits per heavy atom. The van der Waals surface area contributed by atoms with Gasteiger partial charge in [0.15, 0.2) is 11.3 Å². The number of rotatable bonds is 1. The number of H-pyrrole nitrogens is 1. The largest absolute Gasteiger partial charge is 0.433 e. The molecule has 3 aromatic heterocycles. The van der Waals surface area contributed by atoms with Crippen LogP contribution in [0.25, 0.3) is 5.65 Å². The molecule has 1 aliphatic heterocycles.